The summed E-state index contributed by atoms with van der Waals surface area (Å²) in [6, 6.07) is 8.46. The van der Waals surface area contributed by atoms with Crippen molar-refractivity contribution in [3.63, 3.8) is 0 Å². The van der Waals surface area contributed by atoms with Crippen LogP contribution in [-0.2, 0) is 12.6 Å². The molecule has 1 aliphatic rings. The molecular weight excluding hydrogens is 347 g/mol. The summed E-state index contributed by atoms with van der Waals surface area (Å²) in [5, 5.41) is 11.9. The maximum atomic E-state index is 12.6. The van der Waals surface area contributed by atoms with Crippen LogP contribution in [0.5, 0.6) is 0 Å². The number of hydrogen-bond donors (Lipinski definition) is 2. The molecule has 0 bridgehead atoms. The van der Waals surface area contributed by atoms with E-state index >= 15 is 0 Å². The molecule has 8 heteroatoms. The molecule has 3 rings (SSSR count). The Morgan fingerprint density at radius 3 is 2.69 bits per heavy atom. The van der Waals surface area contributed by atoms with Gasteiger partial charge in [0, 0.05) is 0 Å². The molecule has 0 saturated heterocycles. The second-order valence-electron chi connectivity index (χ2n) is 6.02. The van der Waals surface area contributed by atoms with E-state index in [-0.39, 0.29) is 5.56 Å². The number of rotatable bonds is 2. The number of hydrogen-bond acceptors (Lipinski definition) is 3. The molecule has 134 valence electrons. The number of carbonyl (C=O) groups is 1. The first kappa shape index (κ1) is 17.7. The van der Waals surface area contributed by atoms with Crippen molar-refractivity contribution >= 4 is 5.91 Å². The number of nitrogens with zero attached hydrogens (tertiary/aromatic N) is 1. The van der Waals surface area contributed by atoms with E-state index < -0.39 is 29.4 Å². The SMILES string of the molecule is N#Cc1cccc2c1CCCC2NC(=O)c1ccc(C(F)(F)F)[nH]c1=O. The summed E-state index contributed by atoms with van der Waals surface area (Å²) in [6.45, 7) is 0. The van der Waals surface area contributed by atoms with E-state index in [4.69, 9.17) is 0 Å². The monoisotopic (exact) mass is 361 g/mol. The van der Waals surface area contributed by atoms with Crippen LogP contribution in [0.2, 0.25) is 0 Å². The van der Waals surface area contributed by atoms with Gasteiger partial charge in [0.05, 0.1) is 17.7 Å². The largest absolute Gasteiger partial charge is 0.431 e. The number of alkyl halides is 3. The molecule has 1 heterocycles. The number of fused-ring (bicyclic) bond motifs is 1. The van der Waals surface area contributed by atoms with Gasteiger partial charge in [-0.3, -0.25) is 9.59 Å². The lowest BCUT2D eigenvalue weighted by molar-refractivity contribution is -0.141. The van der Waals surface area contributed by atoms with Gasteiger partial charge in [-0.2, -0.15) is 18.4 Å². The lowest BCUT2D eigenvalue weighted by Crippen LogP contribution is -2.35. The molecule has 2 aromatic rings. The van der Waals surface area contributed by atoms with Crippen LogP contribution in [0.15, 0.2) is 35.1 Å². The molecule has 5 nitrogen and oxygen atoms in total. The van der Waals surface area contributed by atoms with Crippen molar-refractivity contribution in [2.24, 2.45) is 0 Å². The van der Waals surface area contributed by atoms with Gasteiger partial charge in [0.2, 0.25) is 0 Å². The molecule has 0 radical (unpaired) electrons. The van der Waals surface area contributed by atoms with Gasteiger partial charge < -0.3 is 10.3 Å². The highest BCUT2D eigenvalue weighted by Crippen LogP contribution is 2.32. The normalized spacial score (nSPS) is 16.5. The zero-order valence-corrected chi connectivity index (χ0v) is 13.5. The van der Waals surface area contributed by atoms with E-state index in [1.165, 1.54) is 0 Å². The number of aromatic nitrogens is 1. The number of benzene rings is 1. The highest BCUT2D eigenvalue weighted by molar-refractivity contribution is 5.94. The molecule has 1 unspecified atom stereocenters. The van der Waals surface area contributed by atoms with Crippen LogP contribution in [0.25, 0.3) is 0 Å². The molecule has 1 aromatic carbocycles. The Labute approximate surface area is 146 Å². The zero-order valence-electron chi connectivity index (χ0n) is 13.5. The van der Waals surface area contributed by atoms with Gasteiger partial charge in [0.1, 0.15) is 11.3 Å². The smallest absolute Gasteiger partial charge is 0.345 e. The highest BCUT2D eigenvalue weighted by Gasteiger charge is 2.32. The standard InChI is InChI=1S/C18H14F3N3O2/c19-18(20,21)15-8-7-13(17(26)24-15)16(25)23-14-6-2-4-11-10(9-22)3-1-5-12(11)14/h1,3,5,7-8,14H,2,4,6H2,(H,23,25)(H,24,26). The number of aromatic amines is 1. The van der Waals surface area contributed by atoms with Crippen LogP contribution in [0, 0.1) is 11.3 Å². The maximum absolute atomic E-state index is 12.6. The summed E-state index contributed by atoms with van der Waals surface area (Å²) < 4.78 is 37.8. The number of H-pyrrole nitrogens is 1. The number of halogens is 3. The molecule has 1 atom stereocenters. The highest BCUT2D eigenvalue weighted by atomic mass is 19.4. The second-order valence-corrected chi connectivity index (χ2v) is 6.02. The first-order valence-electron chi connectivity index (χ1n) is 7.94. The molecule has 0 spiro atoms. The summed E-state index contributed by atoms with van der Waals surface area (Å²) in [5.41, 5.74) is -0.505. The fourth-order valence-electron chi connectivity index (χ4n) is 3.16. The molecule has 0 fully saturated rings. The van der Waals surface area contributed by atoms with Gasteiger partial charge in [-0.1, -0.05) is 12.1 Å². The lowest BCUT2D eigenvalue weighted by Gasteiger charge is -2.27. The minimum Gasteiger partial charge on any atom is -0.345 e. The quantitative estimate of drug-likeness (QED) is 0.862. The van der Waals surface area contributed by atoms with Crippen molar-refractivity contribution in [3.8, 4) is 6.07 Å². The summed E-state index contributed by atoms with van der Waals surface area (Å²) in [7, 11) is 0. The third kappa shape index (κ3) is 3.33. The van der Waals surface area contributed by atoms with E-state index in [9.17, 15) is 28.0 Å². The molecular formula is C18H14F3N3O2. The van der Waals surface area contributed by atoms with E-state index in [0.29, 0.717) is 24.5 Å². The van der Waals surface area contributed by atoms with Crippen LogP contribution in [-0.4, -0.2) is 10.9 Å². The average Bonchev–Trinajstić information content (AvgIpc) is 2.60. The van der Waals surface area contributed by atoms with Crippen molar-refractivity contribution in [1.82, 2.24) is 10.3 Å². The molecule has 0 saturated carbocycles. The number of nitrogens with one attached hydrogen (secondary N) is 2. The number of pyridine rings is 1. The van der Waals surface area contributed by atoms with Crippen molar-refractivity contribution in [2.75, 3.05) is 0 Å². The van der Waals surface area contributed by atoms with E-state index in [1.54, 1.807) is 23.2 Å². The average molecular weight is 361 g/mol. The van der Waals surface area contributed by atoms with E-state index in [1.807, 2.05) is 0 Å². The van der Waals surface area contributed by atoms with Crippen molar-refractivity contribution in [1.29, 1.82) is 5.26 Å². The van der Waals surface area contributed by atoms with Gasteiger partial charge in [-0.25, -0.2) is 0 Å². The van der Waals surface area contributed by atoms with Crippen LogP contribution < -0.4 is 10.9 Å². The summed E-state index contributed by atoms with van der Waals surface area (Å²) >= 11 is 0. The van der Waals surface area contributed by atoms with Crippen LogP contribution >= 0.6 is 0 Å². The Hall–Kier alpha value is -3.08. The predicted molar refractivity (Wildman–Crippen MR) is 86.4 cm³/mol. The Morgan fingerprint density at radius 1 is 1.27 bits per heavy atom. The minimum absolute atomic E-state index is 0.387. The van der Waals surface area contributed by atoms with E-state index in [2.05, 4.69) is 11.4 Å². The maximum Gasteiger partial charge on any atom is 0.431 e. The van der Waals surface area contributed by atoms with Gasteiger partial charge in [0.15, 0.2) is 0 Å². The number of carbonyl (C=O) groups excluding carboxylic acids is 1. The van der Waals surface area contributed by atoms with Gasteiger partial charge in [-0.15, -0.1) is 0 Å². The van der Waals surface area contributed by atoms with Gasteiger partial charge in [0.25, 0.3) is 11.5 Å². The molecule has 26 heavy (non-hydrogen) atoms. The summed E-state index contributed by atoms with van der Waals surface area (Å²) in [6.07, 6.45) is -2.61. The molecule has 0 aliphatic heterocycles. The first-order valence-corrected chi connectivity index (χ1v) is 7.94. The molecule has 1 aliphatic carbocycles. The minimum atomic E-state index is -4.69. The Bertz CT molecular complexity index is 957. The lowest BCUT2D eigenvalue weighted by atomic mass is 9.85. The number of amides is 1. The van der Waals surface area contributed by atoms with Crippen LogP contribution in [0.4, 0.5) is 13.2 Å². The number of nitriles is 1. The third-order valence-corrected chi connectivity index (χ3v) is 4.39. The zero-order chi connectivity index (χ0) is 18.9. The Morgan fingerprint density at radius 2 is 2.04 bits per heavy atom. The van der Waals surface area contributed by atoms with E-state index in [0.717, 1.165) is 23.6 Å². The van der Waals surface area contributed by atoms with Crippen molar-refractivity contribution in [2.45, 2.75) is 31.5 Å². The van der Waals surface area contributed by atoms with Gasteiger partial charge >= 0.3 is 6.18 Å². The molecule has 1 amide bonds. The molecule has 1 aromatic heterocycles. The summed E-state index contributed by atoms with van der Waals surface area (Å²) in [5.74, 6) is -0.750. The van der Waals surface area contributed by atoms with Crippen molar-refractivity contribution < 1.29 is 18.0 Å². The van der Waals surface area contributed by atoms with Crippen LogP contribution in [0.1, 0.15) is 51.6 Å². The Kier molecular flexibility index (Phi) is 4.55. The predicted octanol–water partition coefficient (Wildman–Crippen LogP) is 3.07. The third-order valence-electron chi connectivity index (χ3n) is 4.39. The van der Waals surface area contributed by atoms with Crippen molar-refractivity contribution in [3.05, 3.63) is 68.6 Å². The van der Waals surface area contributed by atoms with Gasteiger partial charge in [-0.05, 0) is 48.6 Å². The van der Waals surface area contributed by atoms with Crippen LogP contribution in [0.3, 0.4) is 0 Å². The first-order chi connectivity index (χ1) is 12.3. The molecule has 2 N–H and O–H groups in total. The second kappa shape index (κ2) is 6.67. The fraction of sp³-hybridized carbons (Fsp3) is 0.278. The Balaban J connectivity index is 1.87. The topological polar surface area (TPSA) is 85.8 Å². The fourth-order valence-corrected chi connectivity index (χ4v) is 3.16. The summed E-state index contributed by atoms with van der Waals surface area (Å²) in [4.78, 5) is 25.9.